The van der Waals surface area contributed by atoms with Crippen LogP contribution in [0.25, 0.3) is 0 Å². The molecule has 0 spiro atoms. The molecule has 0 heterocycles. The second-order valence-corrected chi connectivity index (χ2v) is 11.8. The van der Waals surface area contributed by atoms with Gasteiger partial charge in [0, 0.05) is 0 Å². The molecule has 1 saturated carbocycles. The zero-order valence-electron chi connectivity index (χ0n) is 13.8. The van der Waals surface area contributed by atoms with Crippen molar-refractivity contribution in [2.75, 3.05) is 6.61 Å². The van der Waals surface area contributed by atoms with Gasteiger partial charge in [0.15, 0.2) is 0 Å². The molecule has 0 saturated heterocycles. The molecule has 1 fully saturated rings. The van der Waals surface area contributed by atoms with E-state index >= 15 is 0 Å². The zero-order chi connectivity index (χ0) is 15.5. The number of carbonyl (C=O) groups excluding carboxylic acids is 1. The van der Waals surface area contributed by atoms with Crippen LogP contribution in [0.5, 0.6) is 0 Å². The van der Waals surface area contributed by atoms with Crippen LogP contribution in [0, 0.1) is 0 Å². The van der Waals surface area contributed by atoms with Crippen molar-refractivity contribution in [3.63, 3.8) is 0 Å². The van der Waals surface area contributed by atoms with E-state index < -0.39 is 8.07 Å². The SMILES string of the molecule is CCOC(=O)[C@]1([Si](CC)(CC)CC)C[C@@H]1c1ccccc1. The molecule has 0 amide bonds. The minimum Gasteiger partial charge on any atom is -0.466 e. The van der Waals surface area contributed by atoms with Gasteiger partial charge < -0.3 is 4.74 Å². The molecule has 0 radical (unpaired) electrons. The number of carbonyl (C=O) groups is 1. The van der Waals surface area contributed by atoms with Crippen LogP contribution < -0.4 is 0 Å². The van der Waals surface area contributed by atoms with Gasteiger partial charge in [-0.1, -0.05) is 69.2 Å². The standard InChI is InChI=1S/C18H28O2Si/c1-5-20-17(19)18(21(6-2,7-3)8-4)14-16(18)15-12-10-9-11-13-15/h9-13,16H,5-8,14H2,1-4H3/t16-,18+/m1/s1. The van der Waals surface area contributed by atoms with Crippen LogP contribution in [0.3, 0.4) is 0 Å². The fourth-order valence-corrected chi connectivity index (χ4v) is 9.78. The van der Waals surface area contributed by atoms with Crippen molar-refractivity contribution in [1.29, 1.82) is 0 Å². The summed E-state index contributed by atoms with van der Waals surface area (Å²) in [5.74, 6) is 0.459. The number of ether oxygens (including phenoxy) is 1. The fourth-order valence-electron chi connectivity index (χ4n) is 4.34. The number of hydrogen-bond acceptors (Lipinski definition) is 2. The van der Waals surface area contributed by atoms with Crippen LogP contribution in [0.15, 0.2) is 30.3 Å². The van der Waals surface area contributed by atoms with Crippen molar-refractivity contribution in [2.45, 2.75) is 63.2 Å². The maximum absolute atomic E-state index is 12.8. The summed E-state index contributed by atoms with van der Waals surface area (Å²) < 4.78 is 5.53. The molecule has 3 heteroatoms. The largest absolute Gasteiger partial charge is 0.466 e. The number of benzene rings is 1. The average molecular weight is 305 g/mol. The van der Waals surface area contributed by atoms with E-state index in [9.17, 15) is 4.79 Å². The second-order valence-electron chi connectivity index (χ2n) is 6.20. The summed E-state index contributed by atoms with van der Waals surface area (Å²) in [5.41, 5.74) is 1.32. The Labute approximate surface area is 129 Å². The molecule has 0 aliphatic heterocycles. The highest BCUT2D eigenvalue weighted by atomic mass is 28.3. The molecule has 2 nitrogen and oxygen atoms in total. The molecule has 0 aromatic heterocycles. The van der Waals surface area contributed by atoms with E-state index in [4.69, 9.17) is 4.74 Å². The van der Waals surface area contributed by atoms with Gasteiger partial charge in [-0.15, -0.1) is 0 Å². The quantitative estimate of drug-likeness (QED) is 0.524. The molecule has 1 aromatic rings. The van der Waals surface area contributed by atoms with Crippen molar-refractivity contribution in [1.82, 2.24) is 0 Å². The van der Waals surface area contributed by atoms with E-state index in [0.29, 0.717) is 12.5 Å². The predicted octanol–water partition coefficient (Wildman–Crippen LogP) is 4.99. The highest BCUT2D eigenvalue weighted by Gasteiger charge is 2.71. The Morgan fingerprint density at radius 2 is 1.71 bits per heavy atom. The highest BCUT2D eigenvalue weighted by molar-refractivity contribution is 6.86. The molecule has 21 heavy (non-hydrogen) atoms. The Bertz CT molecular complexity index is 473. The summed E-state index contributed by atoms with van der Waals surface area (Å²) >= 11 is 0. The van der Waals surface area contributed by atoms with E-state index in [-0.39, 0.29) is 11.0 Å². The van der Waals surface area contributed by atoms with Gasteiger partial charge in [-0.05, 0) is 24.8 Å². The van der Waals surface area contributed by atoms with E-state index in [1.54, 1.807) is 0 Å². The Hall–Kier alpha value is -1.09. The van der Waals surface area contributed by atoms with Crippen molar-refractivity contribution in [2.24, 2.45) is 0 Å². The first-order chi connectivity index (χ1) is 10.1. The normalized spacial score (nSPS) is 24.7. The molecule has 1 aromatic carbocycles. The first-order valence-electron chi connectivity index (χ1n) is 8.34. The molecular formula is C18H28O2Si. The molecule has 2 atom stereocenters. The van der Waals surface area contributed by atoms with E-state index in [2.05, 4.69) is 45.0 Å². The summed E-state index contributed by atoms with van der Waals surface area (Å²) in [7, 11) is -1.65. The van der Waals surface area contributed by atoms with Gasteiger partial charge in [0.2, 0.25) is 0 Å². The smallest absolute Gasteiger partial charge is 0.309 e. The van der Waals surface area contributed by atoms with Crippen LogP contribution in [0.2, 0.25) is 23.2 Å². The maximum atomic E-state index is 12.8. The third-order valence-corrected chi connectivity index (χ3v) is 12.5. The highest BCUT2D eigenvalue weighted by Crippen LogP contribution is 2.73. The lowest BCUT2D eigenvalue weighted by molar-refractivity contribution is -0.144. The van der Waals surface area contributed by atoms with Gasteiger partial charge in [-0.2, -0.15) is 0 Å². The Kier molecular flexibility index (Phi) is 4.92. The Balaban J connectivity index is 2.42. The Morgan fingerprint density at radius 1 is 1.14 bits per heavy atom. The van der Waals surface area contributed by atoms with Gasteiger partial charge in [0.25, 0.3) is 0 Å². The van der Waals surface area contributed by atoms with Crippen LogP contribution in [-0.2, 0) is 9.53 Å². The van der Waals surface area contributed by atoms with Crippen molar-refractivity contribution in [3.05, 3.63) is 35.9 Å². The van der Waals surface area contributed by atoms with Gasteiger partial charge in [0.1, 0.15) is 0 Å². The zero-order valence-corrected chi connectivity index (χ0v) is 14.8. The van der Waals surface area contributed by atoms with Crippen LogP contribution in [0.4, 0.5) is 0 Å². The van der Waals surface area contributed by atoms with Crippen LogP contribution in [-0.4, -0.2) is 20.7 Å². The lowest BCUT2D eigenvalue weighted by Crippen LogP contribution is -2.44. The lowest BCUT2D eigenvalue weighted by Gasteiger charge is -2.37. The van der Waals surface area contributed by atoms with Crippen LogP contribution in [0.1, 0.15) is 45.6 Å². The maximum Gasteiger partial charge on any atom is 0.309 e. The number of esters is 1. The van der Waals surface area contributed by atoms with Crippen molar-refractivity contribution in [3.8, 4) is 0 Å². The number of rotatable bonds is 7. The number of hydrogen-bond donors (Lipinski definition) is 0. The Morgan fingerprint density at radius 3 is 2.19 bits per heavy atom. The van der Waals surface area contributed by atoms with Crippen molar-refractivity contribution < 1.29 is 9.53 Å². The minimum atomic E-state index is -1.65. The summed E-state index contributed by atoms with van der Waals surface area (Å²) in [4.78, 5) is 12.8. The molecule has 0 N–H and O–H groups in total. The summed E-state index contributed by atoms with van der Waals surface area (Å²) in [6, 6.07) is 14.1. The van der Waals surface area contributed by atoms with Crippen LogP contribution >= 0.6 is 0 Å². The van der Waals surface area contributed by atoms with Gasteiger partial charge >= 0.3 is 5.97 Å². The lowest BCUT2D eigenvalue weighted by atomic mass is 10.1. The molecule has 1 aliphatic rings. The third-order valence-electron chi connectivity index (χ3n) is 5.78. The van der Waals surface area contributed by atoms with E-state index in [0.717, 1.165) is 6.42 Å². The van der Waals surface area contributed by atoms with Crippen molar-refractivity contribution >= 4 is 14.0 Å². The minimum absolute atomic E-state index is 0.0797. The van der Waals surface area contributed by atoms with E-state index in [1.807, 2.05) is 13.0 Å². The second kappa shape index (κ2) is 6.35. The third kappa shape index (κ3) is 2.46. The molecule has 1 aliphatic carbocycles. The fraction of sp³-hybridized carbons (Fsp3) is 0.611. The predicted molar refractivity (Wildman–Crippen MR) is 90.3 cm³/mol. The van der Waals surface area contributed by atoms with Gasteiger partial charge in [-0.25, -0.2) is 0 Å². The molecular weight excluding hydrogens is 276 g/mol. The summed E-state index contributed by atoms with van der Waals surface area (Å²) in [6.07, 6.45) is 0.998. The molecule has 116 valence electrons. The molecule has 2 rings (SSSR count). The first kappa shape index (κ1) is 16.3. The first-order valence-corrected chi connectivity index (χ1v) is 11.0. The summed E-state index contributed by atoms with van der Waals surface area (Å²) in [5, 5.41) is -0.178. The monoisotopic (exact) mass is 304 g/mol. The van der Waals surface area contributed by atoms with E-state index in [1.165, 1.54) is 23.7 Å². The van der Waals surface area contributed by atoms with Gasteiger partial charge in [-0.3, -0.25) is 4.79 Å². The summed E-state index contributed by atoms with van der Waals surface area (Å²) in [6.45, 7) is 9.24. The molecule has 0 bridgehead atoms. The molecule has 0 unspecified atom stereocenters. The average Bonchev–Trinajstić information content (AvgIpc) is 3.28. The topological polar surface area (TPSA) is 26.3 Å². The van der Waals surface area contributed by atoms with Gasteiger partial charge in [0.05, 0.1) is 19.7 Å².